The summed E-state index contributed by atoms with van der Waals surface area (Å²) in [6.45, 7) is 1.94. The Morgan fingerprint density at radius 1 is 1.59 bits per heavy atom. The molecule has 0 aliphatic heterocycles. The van der Waals surface area contributed by atoms with Crippen LogP contribution in [0, 0.1) is 11.3 Å². The molecule has 0 saturated heterocycles. The van der Waals surface area contributed by atoms with Crippen molar-refractivity contribution in [1.82, 2.24) is 5.32 Å². The number of amides is 1. The topological polar surface area (TPSA) is 52.9 Å². The van der Waals surface area contributed by atoms with Gasteiger partial charge in [-0.15, -0.1) is 11.6 Å². The Bertz CT molecular complexity index is 426. The van der Waals surface area contributed by atoms with Crippen molar-refractivity contribution in [3.63, 3.8) is 0 Å². The largest absolute Gasteiger partial charge is 0.350 e. The summed E-state index contributed by atoms with van der Waals surface area (Å²) in [7, 11) is 0. The van der Waals surface area contributed by atoms with E-state index in [1.165, 1.54) is 0 Å². The zero-order chi connectivity index (χ0) is 12.7. The van der Waals surface area contributed by atoms with Gasteiger partial charge in [0.2, 0.25) is 0 Å². The number of nitrogens with one attached hydrogen (secondary N) is 1. The normalized spacial score (nSPS) is 11.6. The van der Waals surface area contributed by atoms with Crippen molar-refractivity contribution in [1.29, 1.82) is 5.26 Å². The standard InChI is InChI=1S/C13H15ClN2O/c1-10(4-3-7-14)16-13(17)12-6-2-5-11(8-12)9-15/h2,5-6,8,10H,3-4,7H2,1H3,(H,16,17). The zero-order valence-corrected chi connectivity index (χ0v) is 10.5. The quantitative estimate of drug-likeness (QED) is 0.817. The zero-order valence-electron chi connectivity index (χ0n) is 9.74. The molecule has 3 nitrogen and oxygen atoms in total. The summed E-state index contributed by atoms with van der Waals surface area (Å²) in [6.07, 6.45) is 1.73. The third kappa shape index (κ3) is 4.46. The summed E-state index contributed by atoms with van der Waals surface area (Å²) in [6, 6.07) is 8.77. The van der Waals surface area contributed by atoms with Crippen molar-refractivity contribution in [2.45, 2.75) is 25.8 Å². The number of rotatable bonds is 5. The molecule has 90 valence electrons. The molecule has 0 bridgehead atoms. The molecule has 17 heavy (non-hydrogen) atoms. The maximum Gasteiger partial charge on any atom is 0.251 e. The van der Waals surface area contributed by atoms with E-state index < -0.39 is 0 Å². The van der Waals surface area contributed by atoms with Crippen molar-refractivity contribution in [3.05, 3.63) is 35.4 Å². The minimum atomic E-state index is -0.149. The molecule has 0 saturated carbocycles. The fourth-order valence-electron chi connectivity index (χ4n) is 1.49. The van der Waals surface area contributed by atoms with E-state index in [-0.39, 0.29) is 11.9 Å². The fraction of sp³-hybridized carbons (Fsp3) is 0.385. The van der Waals surface area contributed by atoms with E-state index in [1.54, 1.807) is 24.3 Å². The molecule has 0 aliphatic rings. The van der Waals surface area contributed by atoms with Crippen LogP contribution in [0.1, 0.15) is 35.7 Å². The van der Waals surface area contributed by atoms with Gasteiger partial charge in [-0.3, -0.25) is 4.79 Å². The Morgan fingerprint density at radius 2 is 2.35 bits per heavy atom. The van der Waals surface area contributed by atoms with Crippen LogP contribution < -0.4 is 5.32 Å². The van der Waals surface area contributed by atoms with Gasteiger partial charge in [-0.1, -0.05) is 6.07 Å². The summed E-state index contributed by atoms with van der Waals surface area (Å²) < 4.78 is 0. The van der Waals surface area contributed by atoms with E-state index >= 15 is 0 Å². The lowest BCUT2D eigenvalue weighted by Crippen LogP contribution is -2.32. The van der Waals surface area contributed by atoms with Gasteiger partial charge in [0.15, 0.2) is 0 Å². The van der Waals surface area contributed by atoms with Gasteiger partial charge in [0.25, 0.3) is 5.91 Å². The van der Waals surface area contributed by atoms with Crippen LogP contribution in [0.3, 0.4) is 0 Å². The number of alkyl halides is 1. The van der Waals surface area contributed by atoms with Crippen molar-refractivity contribution in [3.8, 4) is 6.07 Å². The number of nitriles is 1. The molecule has 4 heteroatoms. The number of carbonyl (C=O) groups is 1. The summed E-state index contributed by atoms with van der Waals surface area (Å²) in [4.78, 5) is 11.8. The summed E-state index contributed by atoms with van der Waals surface area (Å²) in [5, 5.41) is 11.6. The maximum atomic E-state index is 11.8. The highest BCUT2D eigenvalue weighted by molar-refractivity contribution is 6.17. The molecule has 1 atom stereocenters. The van der Waals surface area contributed by atoms with Gasteiger partial charge in [0.1, 0.15) is 0 Å². The Balaban J connectivity index is 2.60. The molecule has 0 aliphatic carbocycles. The van der Waals surface area contributed by atoms with Gasteiger partial charge in [0.05, 0.1) is 11.6 Å². The molecule has 0 spiro atoms. The molecule has 1 aromatic rings. The minimum Gasteiger partial charge on any atom is -0.350 e. The third-order valence-corrected chi connectivity index (χ3v) is 2.67. The molecule has 0 radical (unpaired) electrons. The molecule has 0 heterocycles. The smallest absolute Gasteiger partial charge is 0.251 e. The first-order valence-electron chi connectivity index (χ1n) is 5.54. The molecule has 1 aromatic carbocycles. The first kappa shape index (κ1) is 13.5. The molecule has 0 aromatic heterocycles. The maximum absolute atomic E-state index is 11.8. The summed E-state index contributed by atoms with van der Waals surface area (Å²) in [5.41, 5.74) is 1.01. The molecular weight excluding hydrogens is 236 g/mol. The van der Waals surface area contributed by atoms with E-state index in [1.807, 2.05) is 13.0 Å². The van der Waals surface area contributed by atoms with Crippen LogP contribution in [-0.2, 0) is 0 Å². The number of nitrogens with zero attached hydrogens (tertiary/aromatic N) is 1. The van der Waals surface area contributed by atoms with Gasteiger partial charge >= 0.3 is 0 Å². The number of benzene rings is 1. The van der Waals surface area contributed by atoms with Gasteiger partial charge in [-0.2, -0.15) is 5.26 Å². The van der Waals surface area contributed by atoms with E-state index in [9.17, 15) is 4.79 Å². The molecule has 1 amide bonds. The third-order valence-electron chi connectivity index (χ3n) is 2.40. The Kier molecular flexibility index (Phi) is 5.51. The average Bonchev–Trinajstić information content (AvgIpc) is 2.36. The Morgan fingerprint density at radius 3 is 3.00 bits per heavy atom. The predicted octanol–water partition coefficient (Wildman–Crippen LogP) is 2.70. The van der Waals surface area contributed by atoms with Gasteiger partial charge in [-0.25, -0.2) is 0 Å². The van der Waals surface area contributed by atoms with Crippen molar-refractivity contribution in [2.75, 3.05) is 5.88 Å². The fourth-order valence-corrected chi connectivity index (χ4v) is 1.65. The SMILES string of the molecule is CC(CCCCl)NC(=O)c1cccc(C#N)c1. The average molecular weight is 251 g/mol. The van der Waals surface area contributed by atoms with Crippen LogP contribution in [0.4, 0.5) is 0 Å². The van der Waals surface area contributed by atoms with Gasteiger partial charge in [0, 0.05) is 17.5 Å². The lowest BCUT2D eigenvalue weighted by Gasteiger charge is -2.13. The van der Waals surface area contributed by atoms with E-state index in [4.69, 9.17) is 16.9 Å². The van der Waals surface area contributed by atoms with E-state index in [0.29, 0.717) is 17.0 Å². The van der Waals surface area contributed by atoms with Gasteiger partial charge in [-0.05, 0) is 38.0 Å². The highest BCUT2D eigenvalue weighted by Crippen LogP contribution is 2.05. The van der Waals surface area contributed by atoms with Gasteiger partial charge < -0.3 is 5.32 Å². The number of hydrogen-bond acceptors (Lipinski definition) is 2. The minimum absolute atomic E-state index is 0.0898. The van der Waals surface area contributed by atoms with Crippen LogP contribution in [0.15, 0.2) is 24.3 Å². The second kappa shape index (κ2) is 6.93. The second-order valence-corrected chi connectivity index (χ2v) is 4.28. The predicted molar refractivity (Wildman–Crippen MR) is 68.0 cm³/mol. The summed E-state index contributed by atoms with van der Waals surface area (Å²) >= 11 is 5.59. The molecule has 1 rings (SSSR count). The first-order chi connectivity index (χ1) is 8.17. The molecular formula is C13H15ClN2O. The van der Waals surface area contributed by atoms with E-state index in [0.717, 1.165) is 12.8 Å². The second-order valence-electron chi connectivity index (χ2n) is 3.90. The van der Waals surface area contributed by atoms with Crippen LogP contribution in [0.5, 0.6) is 0 Å². The van der Waals surface area contributed by atoms with Crippen LogP contribution >= 0.6 is 11.6 Å². The number of halogens is 1. The van der Waals surface area contributed by atoms with E-state index in [2.05, 4.69) is 5.32 Å². The number of carbonyl (C=O) groups excluding carboxylic acids is 1. The van der Waals surface area contributed by atoms with Crippen molar-refractivity contribution < 1.29 is 4.79 Å². The lowest BCUT2D eigenvalue weighted by atomic mass is 10.1. The van der Waals surface area contributed by atoms with Crippen molar-refractivity contribution in [2.24, 2.45) is 0 Å². The van der Waals surface area contributed by atoms with Crippen LogP contribution in [0.25, 0.3) is 0 Å². The molecule has 1 unspecified atom stereocenters. The summed E-state index contributed by atoms with van der Waals surface area (Å²) in [5.74, 6) is 0.452. The Hall–Kier alpha value is -1.53. The van der Waals surface area contributed by atoms with Crippen molar-refractivity contribution >= 4 is 17.5 Å². The molecule has 0 fully saturated rings. The molecule has 1 N–H and O–H groups in total. The van der Waals surface area contributed by atoms with Crippen LogP contribution in [0.2, 0.25) is 0 Å². The van der Waals surface area contributed by atoms with Crippen LogP contribution in [-0.4, -0.2) is 17.8 Å². The number of hydrogen-bond donors (Lipinski definition) is 1. The first-order valence-corrected chi connectivity index (χ1v) is 6.08. The monoisotopic (exact) mass is 250 g/mol. The highest BCUT2D eigenvalue weighted by Gasteiger charge is 2.09. The Labute approximate surface area is 106 Å². The lowest BCUT2D eigenvalue weighted by molar-refractivity contribution is 0.0938. The highest BCUT2D eigenvalue weighted by atomic mass is 35.5.